The first-order valence-electron chi connectivity index (χ1n) is 9.00. The molecule has 0 atom stereocenters. The molecule has 0 aliphatic rings. The average Bonchev–Trinajstić information content (AvgIpc) is 3.00. The number of unbranched alkanes of at least 4 members (excludes halogenated alkanes) is 1. The fourth-order valence-corrected chi connectivity index (χ4v) is 5.20. The van der Waals surface area contributed by atoms with E-state index in [1.807, 2.05) is 0 Å². The van der Waals surface area contributed by atoms with E-state index in [4.69, 9.17) is 0 Å². The van der Waals surface area contributed by atoms with Crippen LogP contribution in [0.15, 0.2) is 82.2 Å². The van der Waals surface area contributed by atoms with E-state index >= 15 is 0 Å². The fraction of sp³-hybridized carbons (Fsp3) is 0.182. The lowest BCUT2D eigenvalue weighted by Crippen LogP contribution is -2.08. The molecule has 0 unspecified atom stereocenters. The Morgan fingerprint density at radius 2 is 1.30 bits per heavy atom. The van der Waals surface area contributed by atoms with E-state index in [9.17, 15) is 8.42 Å². The summed E-state index contributed by atoms with van der Waals surface area (Å²) in [4.78, 5) is 0.391. The second kappa shape index (κ2) is 7.49. The molecule has 3 aromatic carbocycles. The predicted octanol–water partition coefficient (Wildman–Crippen LogP) is 5.81. The van der Waals surface area contributed by atoms with Gasteiger partial charge in [-0.15, -0.1) is 0 Å². The molecule has 138 valence electrons. The van der Waals surface area contributed by atoms with E-state index < -0.39 is 9.84 Å². The largest absolute Gasteiger partial charge is 0.340 e. The maximum absolute atomic E-state index is 12.5. The summed E-state index contributed by atoms with van der Waals surface area (Å²) in [6, 6.07) is 23.6. The number of aromatic nitrogens is 1. The molecular formula is C22H20BrNO2S. The summed E-state index contributed by atoms with van der Waals surface area (Å²) in [5.41, 5.74) is 2.41. The lowest BCUT2D eigenvalue weighted by atomic mass is 10.2. The summed E-state index contributed by atoms with van der Waals surface area (Å²) in [5, 5.41) is 2.49. The zero-order valence-corrected chi connectivity index (χ0v) is 17.2. The van der Waals surface area contributed by atoms with Crippen molar-refractivity contribution in [3.8, 4) is 0 Å². The number of rotatable bonds is 6. The summed E-state index contributed by atoms with van der Waals surface area (Å²) >= 11 is 3.34. The molecule has 0 fully saturated rings. The van der Waals surface area contributed by atoms with Gasteiger partial charge < -0.3 is 4.57 Å². The average molecular weight is 442 g/mol. The van der Waals surface area contributed by atoms with E-state index in [1.54, 1.807) is 24.3 Å². The molecule has 0 aliphatic heterocycles. The maximum Gasteiger partial charge on any atom is 0.178 e. The molecule has 0 amide bonds. The lowest BCUT2D eigenvalue weighted by molar-refractivity contribution is 0.586. The van der Waals surface area contributed by atoms with Gasteiger partial charge in [0.2, 0.25) is 0 Å². The van der Waals surface area contributed by atoms with Crippen LogP contribution < -0.4 is 0 Å². The van der Waals surface area contributed by atoms with E-state index in [2.05, 4.69) is 69.0 Å². The lowest BCUT2D eigenvalue weighted by Gasteiger charge is -2.08. The van der Waals surface area contributed by atoms with Crippen LogP contribution in [0.2, 0.25) is 0 Å². The number of nitrogens with zero attached hydrogens (tertiary/aromatic N) is 1. The highest BCUT2D eigenvalue weighted by Gasteiger charge is 2.14. The molecule has 0 bridgehead atoms. The van der Waals surface area contributed by atoms with Gasteiger partial charge in [0.15, 0.2) is 9.84 Å². The Kier molecular flexibility index (Phi) is 5.06. The number of para-hydroxylation sites is 2. The van der Waals surface area contributed by atoms with Crippen molar-refractivity contribution < 1.29 is 8.42 Å². The van der Waals surface area contributed by atoms with Gasteiger partial charge in [-0.1, -0.05) is 52.3 Å². The second-order valence-electron chi connectivity index (χ2n) is 6.67. The Labute approximate surface area is 167 Å². The van der Waals surface area contributed by atoms with Crippen molar-refractivity contribution in [2.75, 3.05) is 5.75 Å². The molecule has 4 aromatic rings. The molecule has 0 saturated carbocycles. The van der Waals surface area contributed by atoms with Gasteiger partial charge in [0.1, 0.15) is 0 Å². The van der Waals surface area contributed by atoms with E-state index in [1.165, 1.54) is 21.8 Å². The van der Waals surface area contributed by atoms with Crippen LogP contribution in [0.4, 0.5) is 0 Å². The number of sulfone groups is 1. The van der Waals surface area contributed by atoms with Gasteiger partial charge >= 0.3 is 0 Å². The second-order valence-corrected chi connectivity index (χ2v) is 9.69. The highest BCUT2D eigenvalue weighted by molar-refractivity contribution is 9.10. The van der Waals surface area contributed by atoms with E-state index in [0.717, 1.165) is 17.4 Å². The SMILES string of the molecule is O=S(=O)(CCCCn1c2ccccc2c2ccccc21)c1ccc(Br)cc1. The highest BCUT2D eigenvalue weighted by atomic mass is 79.9. The number of halogens is 1. The van der Waals surface area contributed by atoms with Crippen LogP contribution in [0.25, 0.3) is 21.8 Å². The summed E-state index contributed by atoms with van der Waals surface area (Å²) < 4.78 is 28.2. The Morgan fingerprint density at radius 1 is 0.741 bits per heavy atom. The van der Waals surface area contributed by atoms with E-state index in [-0.39, 0.29) is 5.75 Å². The predicted molar refractivity (Wildman–Crippen MR) is 115 cm³/mol. The zero-order valence-electron chi connectivity index (χ0n) is 14.8. The first-order valence-corrected chi connectivity index (χ1v) is 11.4. The summed E-state index contributed by atoms with van der Waals surface area (Å²) in [6.45, 7) is 0.809. The fourth-order valence-electron chi connectivity index (χ4n) is 3.57. The summed E-state index contributed by atoms with van der Waals surface area (Å²) in [6.07, 6.45) is 1.46. The third-order valence-corrected chi connectivity index (χ3v) is 7.24. The quantitative estimate of drug-likeness (QED) is 0.354. The summed E-state index contributed by atoms with van der Waals surface area (Å²) in [5.74, 6) is 0.172. The number of fused-ring (bicyclic) bond motifs is 3. The molecule has 0 aliphatic carbocycles. The standard InChI is InChI=1S/C22H20BrNO2S/c23-17-11-13-18(14-12-17)27(25,26)16-6-5-15-24-21-9-3-1-7-19(21)20-8-2-4-10-22(20)24/h1-4,7-14H,5-6,15-16H2. The van der Waals surface area contributed by atoms with Crippen molar-refractivity contribution in [2.24, 2.45) is 0 Å². The number of benzene rings is 3. The van der Waals surface area contributed by atoms with Crippen LogP contribution in [-0.2, 0) is 16.4 Å². The molecule has 3 nitrogen and oxygen atoms in total. The minimum absolute atomic E-state index is 0.172. The van der Waals surface area contributed by atoms with Gasteiger partial charge in [0, 0.05) is 32.8 Å². The molecule has 0 spiro atoms. The first kappa shape index (κ1) is 18.3. The Bertz CT molecular complexity index is 1140. The van der Waals surface area contributed by atoms with Crippen LogP contribution in [-0.4, -0.2) is 18.7 Å². The van der Waals surface area contributed by atoms with Crippen LogP contribution in [0.3, 0.4) is 0 Å². The molecule has 0 saturated heterocycles. The van der Waals surface area contributed by atoms with Gasteiger partial charge in [-0.25, -0.2) is 8.42 Å². The molecule has 5 heteroatoms. The van der Waals surface area contributed by atoms with Crippen molar-refractivity contribution in [1.29, 1.82) is 0 Å². The van der Waals surface area contributed by atoms with Crippen molar-refractivity contribution in [3.63, 3.8) is 0 Å². The first-order chi connectivity index (χ1) is 13.1. The molecule has 4 rings (SSSR count). The zero-order chi connectivity index (χ0) is 18.9. The van der Waals surface area contributed by atoms with Crippen molar-refractivity contribution in [3.05, 3.63) is 77.3 Å². The van der Waals surface area contributed by atoms with Crippen LogP contribution >= 0.6 is 15.9 Å². The van der Waals surface area contributed by atoms with Crippen molar-refractivity contribution in [2.45, 2.75) is 24.3 Å². The third kappa shape index (κ3) is 3.66. The monoisotopic (exact) mass is 441 g/mol. The van der Waals surface area contributed by atoms with Crippen molar-refractivity contribution in [1.82, 2.24) is 4.57 Å². The molecule has 0 radical (unpaired) electrons. The summed E-state index contributed by atoms with van der Waals surface area (Å²) in [7, 11) is -3.23. The topological polar surface area (TPSA) is 39.1 Å². The Morgan fingerprint density at radius 3 is 1.89 bits per heavy atom. The highest BCUT2D eigenvalue weighted by Crippen LogP contribution is 2.29. The normalized spacial score (nSPS) is 12.0. The van der Waals surface area contributed by atoms with Crippen LogP contribution in [0.5, 0.6) is 0 Å². The Hall–Kier alpha value is -2.11. The minimum Gasteiger partial charge on any atom is -0.340 e. The maximum atomic E-state index is 12.5. The molecule has 1 heterocycles. The van der Waals surface area contributed by atoms with Gasteiger partial charge in [-0.2, -0.15) is 0 Å². The smallest absolute Gasteiger partial charge is 0.178 e. The minimum atomic E-state index is -3.23. The number of hydrogen-bond donors (Lipinski definition) is 0. The van der Waals surface area contributed by atoms with E-state index in [0.29, 0.717) is 11.3 Å². The third-order valence-electron chi connectivity index (χ3n) is 4.90. The Balaban J connectivity index is 1.50. The molecule has 0 N–H and O–H groups in total. The van der Waals surface area contributed by atoms with Crippen molar-refractivity contribution >= 4 is 47.6 Å². The van der Waals surface area contributed by atoms with Gasteiger partial charge in [-0.05, 0) is 49.2 Å². The number of aryl methyl sites for hydroxylation is 1. The van der Waals surface area contributed by atoms with Crippen LogP contribution in [0.1, 0.15) is 12.8 Å². The molecule has 1 aromatic heterocycles. The molecule has 27 heavy (non-hydrogen) atoms. The van der Waals surface area contributed by atoms with Crippen LogP contribution in [0, 0.1) is 0 Å². The molecular weight excluding hydrogens is 422 g/mol. The number of hydrogen-bond acceptors (Lipinski definition) is 2. The van der Waals surface area contributed by atoms with Gasteiger partial charge in [0.05, 0.1) is 10.6 Å². The van der Waals surface area contributed by atoms with Gasteiger partial charge in [-0.3, -0.25) is 0 Å². The van der Waals surface area contributed by atoms with Gasteiger partial charge in [0.25, 0.3) is 0 Å².